The molecule has 2 rings (SSSR count). The lowest BCUT2D eigenvalue weighted by Crippen LogP contribution is -2.52. The van der Waals surface area contributed by atoms with Crippen molar-refractivity contribution in [3.05, 3.63) is 52.5 Å². The lowest BCUT2D eigenvalue weighted by Gasteiger charge is -2.29. The van der Waals surface area contributed by atoms with Gasteiger partial charge in [0.2, 0.25) is 0 Å². The van der Waals surface area contributed by atoms with Crippen LogP contribution in [0.4, 0.5) is 4.39 Å². The maximum atomic E-state index is 13.0. The van der Waals surface area contributed by atoms with E-state index in [-0.39, 0.29) is 4.90 Å². The summed E-state index contributed by atoms with van der Waals surface area (Å²) < 4.78 is 37.9. The first-order chi connectivity index (χ1) is 12.5. The molecular formula is C17H19FN2O5S2. The van der Waals surface area contributed by atoms with Gasteiger partial charge in [-0.15, -0.1) is 0 Å². The van der Waals surface area contributed by atoms with E-state index in [1.807, 2.05) is 0 Å². The van der Waals surface area contributed by atoms with Crippen LogP contribution in [0.3, 0.4) is 0 Å². The van der Waals surface area contributed by atoms with Crippen molar-refractivity contribution in [1.82, 2.24) is 10.9 Å². The molecule has 3 N–H and O–H groups in total. The second kappa shape index (κ2) is 8.15. The van der Waals surface area contributed by atoms with E-state index < -0.39 is 44.7 Å². The van der Waals surface area contributed by atoms with Crippen LogP contribution in [0.2, 0.25) is 0 Å². The van der Waals surface area contributed by atoms with Crippen LogP contribution in [-0.2, 0) is 14.6 Å². The van der Waals surface area contributed by atoms with E-state index in [9.17, 15) is 27.5 Å². The smallest absolute Gasteiger partial charge is 0.270 e. The predicted octanol–water partition coefficient (Wildman–Crippen LogP) is 1.51. The van der Waals surface area contributed by atoms with Crippen LogP contribution in [0, 0.1) is 11.2 Å². The molecule has 7 nitrogen and oxygen atoms in total. The Balaban J connectivity index is 2.02. The van der Waals surface area contributed by atoms with Crippen molar-refractivity contribution in [3.8, 4) is 0 Å². The van der Waals surface area contributed by atoms with Gasteiger partial charge in [0.25, 0.3) is 11.8 Å². The molecule has 1 atom stereocenters. The third kappa shape index (κ3) is 5.34. The van der Waals surface area contributed by atoms with Gasteiger partial charge in [0.15, 0.2) is 9.84 Å². The Morgan fingerprint density at radius 1 is 1.19 bits per heavy atom. The second-order valence-corrected chi connectivity index (χ2v) is 9.33. The topological polar surface area (TPSA) is 113 Å². The van der Waals surface area contributed by atoms with E-state index >= 15 is 0 Å². The standard InChI is InChI=1S/C17H19FN2O5S2/c1-17(2,10-27(24,25)13-5-3-12(18)4-6-13)14(21)16(23)20-19-15(22)11-7-8-26-9-11/h3-9,14,21H,10H2,1-2H3,(H,19,22)(H,20,23). The number of carbonyl (C=O) groups excluding carboxylic acids is 2. The predicted molar refractivity (Wildman–Crippen MR) is 98.2 cm³/mol. The van der Waals surface area contributed by atoms with Gasteiger partial charge in [-0.1, -0.05) is 13.8 Å². The summed E-state index contributed by atoms with van der Waals surface area (Å²) >= 11 is 1.30. The first kappa shape index (κ1) is 21.0. The van der Waals surface area contributed by atoms with Crippen molar-refractivity contribution < 1.29 is 27.5 Å². The molecule has 10 heteroatoms. The molecular weight excluding hydrogens is 395 g/mol. The molecule has 1 heterocycles. The molecule has 0 aliphatic rings. The van der Waals surface area contributed by atoms with Crippen LogP contribution in [0.1, 0.15) is 24.2 Å². The Labute approximate surface area is 160 Å². The minimum atomic E-state index is -3.87. The number of benzene rings is 1. The molecule has 0 aliphatic carbocycles. The fraction of sp³-hybridized carbons (Fsp3) is 0.294. The van der Waals surface area contributed by atoms with E-state index in [4.69, 9.17) is 0 Å². The Morgan fingerprint density at radius 2 is 1.81 bits per heavy atom. The van der Waals surface area contributed by atoms with Gasteiger partial charge in [-0.05, 0) is 35.7 Å². The van der Waals surface area contributed by atoms with Crippen LogP contribution >= 0.6 is 11.3 Å². The fourth-order valence-corrected chi connectivity index (χ4v) is 4.79. The van der Waals surface area contributed by atoms with E-state index in [1.165, 1.54) is 25.2 Å². The first-order valence-electron chi connectivity index (χ1n) is 7.82. The number of nitrogens with one attached hydrogen (secondary N) is 2. The number of halogens is 1. The minimum Gasteiger partial charge on any atom is -0.383 e. The summed E-state index contributed by atoms with van der Waals surface area (Å²) in [6.07, 6.45) is -1.71. The summed E-state index contributed by atoms with van der Waals surface area (Å²) in [7, 11) is -3.87. The van der Waals surface area contributed by atoms with Crippen molar-refractivity contribution in [2.24, 2.45) is 5.41 Å². The zero-order valence-corrected chi connectivity index (χ0v) is 16.2. The highest BCUT2D eigenvalue weighted by molar-refractivity contribution is 7.91. The number of thiophene rings is 1. The summed E-state index contributed by atoms with van der Waals surface area (Å²) in [6, 6.07) is 5.83. The molecule has 0 aliphatic heterocycles. The first-order valence-corrected chi connectivity index (χ1v) is 10.4. The highest BCUT2D eigenvalue weighted by Gasteiger charge is 2.38. The summed E-state index contributed by atoms with van der Waals surface area (Å²) in [4.78, 5) is 23.8. The highest BCUT2D eigenvalue weighted by atomic mass is 32.2. The largest absolute Gasteiger partial charge is 0.383 e. The van der Waals surface area contributed by atoms with Gasteiger partial charge in [-0.2, -0.15) is 11.3 Å². The van der Waals surface area contributed by atoms with Gasteiger partial charge in [0.1, 0.15) is 11.9 Å². The SMILES string of the molecule is CC(C)(CS(=O)(=O)c1ccc(F)cc1)C(O)C(=O)NNC(=O)c1ccsc1. The van der Waals surface area contributed by atoms with Crippen LogP contribution in [0.15, 0.2) is 46.0 Å². The number of hydrogen-bond acceptors (Lipinski definition) is 6. The molecule has 2 aromatic rings. The zero-order valence-electron chi connectivity index (χ0n) is 14.6. The summed E-state index contributed by atoms with van der Waals surface area (Å²) in [5.41, 5.74) is 3.21. The number of aliphatic hydroxyl groups excluding tert-OH is 1. The monoisotopic (exact) mass is 414 g/mol. The van der Waals surface area contributed by atoms with Crippen molar-refractivity contribution in [1.29, 1.82) is 0 Å². The van der Waals surface area contributed by atoms with E-state index in [0.717, 1.165) is 24.3 Å². The quantitative estimate of drug-likeness (QED) is 0.490. The molecule has 0 saturated carbocycles. The molecule has 0 radical (unpaired) electrons. The molecule has 0 saturated heterocycles. The molecule has 27 heavy (non-hydrogen) atoms. The third-order valence-electron chi connectivity index (χ3n) is 3.81. The molecule has 1 aromatic carbocycles. The number of hydrazine groups is 1. The lowest BCUT2D eigenvalue weighted by atomic mass is 9.88. The molecule has 1 unspecified atom stereocenters. The Hall–Kier alpha value is -2.30. The van der Waals surface area contributed by atoms with Crippen LogP contribution in [-0.4, -0.2) is 37.2 Å². The van der Waals surface area contributed by atoms with Gasteiger partial charge in [-0.25, -0.2) is 12.8 Å². The number of carbonyl (C=O) groups is 2. The molecule has 146 valence electrons. The summed E-state index contributed by atoms with van der Waals surface area (Å²) in [5, 5.41) is 13.5. The second-order valence-electron chi connectivity index (χ2n) is 6.56. The van der Waals surface area contributed by atoms with Gasteiger partial charge < -0.3 is 5.11 Å². The Morgan fingerprint density at radius 3 is 2.37 bits per heavy atom. The number of rotatable bonds is 6. The van der Waals surface area contributed by atoms with Crippen molar-refractivity contribution in [2.75, 3.05) is 5.75 Å². The molecule has 0 bridgehead atoms. The molecule has 0 fully saturated rings. The zero-order chi connectivity index (χ0) is 20.2. The van der Waals surface area contributed by atoms with Gasteiger partial charge >= 0.3 is 0 Å². The molecule has 0 spiro atoms. The average Bonchev–Trinajstić information content (AvgIpc) is 3.12. The number of sulfone groups is 1. The number of amides is 2. The van der Waals surface area contributed by atoms with Crippen LogP contribution in [0.25, 0.3) is 0 Å². The van der Waals surface area contributed by atoms with Crippen molar-refractivity contribution in [3.63, 3.8) is 0 Å². The van der Waals surface area contributed by atoms with Crippen molar-refractivity contribution >= 4 is 33.0 Å². The van der Waals surface area contributed by atoms with Crippen LogP contribution in [0.5, 0.6) is 0 Å². The highest BCUT2D eigenvalue weighted by Crippen LogP contribution is 2.27. The van der Waals surface area contributed by atoms with Gasteiger partial charge in [0, 0.05) is 10.8 Å². The van der Waals surface area contributed by atoms with Crippen molar-refractivity contribution in [2.45, 2.75) is 24.8 Å². The van der Waals surface area contributed by atoms with Crippen LogP contribution < -0.4 is 10.9 Å². The normalized spacial score (nSPS) is 13.0. The van der Waals surface area contributed by atoms with E-state index in [0.29, 0.717) is 5.56 Å². The minimum absolute atomic E-state index is 0.115. The molecule has 2 amide bonds. The Bertz CT molecular complexity index is 909. The summed E-state index contributed by atoms with van der Waals surface area (Å²) in [5.74, 6) is -2.64. The maximum absolute atomic E-state index is 13.0. The lowest BCUT2D eigenvalue weighted by molar-refractivity contribution is -0.135. The Kier molecular flexibility index (Phi) is 6.34. The molecule has 1 aromatic heterocycles. The number of hydrogen-bond donors (Lipinski definition) is 3. The van der Waals surface area contributed by atoms with E-state index in [2.05, 4.69) is 10.9 Å². The third-order valence-corrected chi connectivity index (χ3v) is 6.60. The van der Waals surface area contributed by atoms with E-state index in [1.54, 1.807) is 16.8 Å². The van der Waals surface area contributed by atoms with Gasteiger partial charge in [0.05, 0.1) is 16.2 Å². The van der Waals surface area contributed by atoms with Gasteiger partial charge in [-0.3, -0.25) is 20.4 Å². The average molecular weight is 414 g/mol. The maximum Gasteiger partial charge on any atom is 0.270 e. The number of aliphatic hydroxyl groups is 1. The summed E-state index contributed by atoms with van der Waals surface area (Å²) in [6.45, 7) is 2.80. The fourth-order valence-electron chi connectivity index (χ4n) is 2.30.